The Labute approximate surface area is 331 Å². The molecule has 0 bridgehead atoms. The number of carboxylic acid groups (broad SMARTS) is 1. The summed E-state index contributed by atoms with van der Waals surface area (Å²) in [6, 6.07) is 24.6. The molecule has 8 heteroatoms. The Morgan fingerprint density at radius 3 is 1.95 bits per heavy atom. The fourth-order valence-electron chi connectivity index (χ4n) is 7.47. The molecule has 1 amide bonds. The van der Waals surface area contributed by atoms with E-state index in [1.807, 2.05) is 30.3 Å². The first-order valence-electron chi connectivity index (χ1n) is 21.3. The van der Waals surface area contributed by atoms with Gasteiger partial charge in [-0.3, -0.25) is 9.59 Å². The smallest absolute Gasteiger partial charge is 0.303 e. The highest BCUT2D eigenvalue weighted by Gasteiger charge is 2.33. The van der Waals surface area contributed by atoms with E-state index in [0.29, 0.717) is 25.8 Å². The molecule has 1 aliphatic heterocycles. The summed E-state index contributed by atoms with van der Waals surface area (Å²) in [6.07, 6.45) is 17.0. The average molecular weight is 757 g/mol. The fourth-order valence-corrected chi connectivity index (χ4v) is 7.47. The Morgan fingerprint density at radius 2 is 1.31 bits per heavy atom. The summed E-state index contributed by atoms with van der Waals surface area (Å²) < 4.78 is 13.5. The lowest BCUT2D eigenvalue weighted by Crippen LogP contribution is -2.40. The van der Waals surface area contributed by atoms with Gasteiger partial charge in [0.05, 0.1) is 18.8 Å². The molecule has 55 heavy (non-hydrogen) atoms. The third kappa shape index (κ3) is 16.2. The molecule has 302 valence electrons. The van der Waals surface area contributed by atoms with Crippen molar-refractivity contribution in [1.29, 1.82) is 0 Å². The zero-order valence-corrected chi connectivity index (χ0v) is 33.7. The topological polar surface area (TPSA) is 108 Å². The molecule has 1 saturated heterocycles. The molecule has 1 aliphatic rings. The maximum atomic E-state index is 12.5. The van der Waals surface area contributed by atoms with E-state index in [2.05, 4.69) is 66.5 Å². The number of hydrogen-bond donors (Lipinski definition) is 3. The van der Waals surface area contributed by atoms with Crippen LogP contribution in [-0.2, 0) is 32.2 Å². The van der Waals surface area contributed by atoms with Gasteiger partial charge in [-0.15, -0.1) is 0 Å². The second-order valence-electron chi connectivity index (χ2n) is 15.3. The van der Waals surface area contributed by atoms with Gasteiger partial charge in [0.15, 0.2) is 6.29 Å². The number of aliphatic hydroxyl groups is 1. The number of unbranched alkanes of at least 4 members (excludes halogenated alkanes) is 11. The van der Waals surface area contributed by atoms with E-state index in [4.69, 9.17) is 14.6 Å². The van der Waals surface area contributed by atoms with Crippen molar-refractivity contribution in [3.05, 3.63) is 95.1 Å². The number of nitrogens with zero attached hydrogens (tertiary/aromatic N) is 1. The van der Waals surface area contributed by atoms with Crippen molar-refractivity contribution >= 4 is 11.9 Å². The molecule has 0 aromatic heterocycles. The highest BCUT2D eigenvalue weighted by Crippen LogP contribution is 2.39. The fraction of sp³-hybridized carbons (Fsp3) is 0.574. The van der Waals surface area contributed by atoms with E-state index in [9.17, 15) is 14.7 Å². The van der Waals surface area contributed by atoms with Gasteiger partial charge in [-0.2, -0.15) is 0 Å². The second kappa shape index (κ2) is 25.6. The molecule has 3 atom stereocenters. The van der Waals surface area contributed by atoms with Crippen molar-refractivity contribution in [3.63, 3.8) is 0 Å². The Bertz CT molecular complexity index is 1490. The number of carboxylic acids is 1. The Morgan fingerprint density at radius 1 is 0.709 bits per heavy atom. The van der Waals surface area contributed by atoms with Crippen LogP contribution >= 0.6 is 0 Å². The first kappa shape index (κ1) is 44.2. The van der Waals surface area contributed by atoms with Gasteiger partial charge in [0.2, 0.25) is 5.91 Å². The third-order valence-corrected chi connectivity index (χ3v) is 10.8. The Hall–Kier alpha value is -3.56. The summed E-state index contributed by atoms with van der Waals surface area (Å²) in [5.41, 5.74) is 6.06. The Balaban J connectivity index is 1.46. The van der Waals surface area contributed by atoms with Crippen LogP contribution in [-0.4, -0.2) is 52.7 Å². The van der Waals surface area contributed by atoms with Crippen LogP contribution in [0.1, 0.15) is 158 Å². The SMILES string of the molecule is CCCCCCCCN(CCCCCCCC)C[C@@H]1C[C@H](c2ccc(CO)cc2)O[C@H](c2ccc(-c3ccccc3CNC(=O)CCCCC(=O)O)cc2)O1. The summed E-state index contributed by atoms with van der Waals surface area (Å²) in [6.45, 7) is 8.04. The molecule has 1 heterocycles. The van der Waals surface area contributed by atoms with Gasteiger partial charge in [0, 0.05) is 37.9 Å². The van der Waals surface area contributed by atoms with Crippen LogP contribution in [0.25, 0.3) is 11.1 Å². The van der Waals surface area contributed by atoms with E-state index in [1.165, 1.54) is 77.0 Å². The lowest BCUT2D eigenvalue weighted by molar-refractivity contribution is -0.253. The Kier molecular flexibility index (Phi) is 20.5. The minimum atomic E-state index is -0.834. The zero-order valence-electron chi connectivity index (χ0n) is 33.7. The molecule has 8 nitrogen and oxygen atoms in total. The minimum absolute atomic E-state index is 0.00888. The number of ether oxygens (including phenoxy) is 2. The molecule has 0 saturated carbocycles. The molecule has 0 unspecified atom stereocenters. The largest absolute Gasteiger partial charge is 0.481 e. The number of aliphatic hydroxyl groups excluding tert-OH is 1. The van der Waals surface area contributed by atoms with Crippen LogP contribution in [0.4, 0.5) is 0 Å². The summed E-state index contributed by atoms with van der Waals surface area (Å²) in [4.78, 5) is 25.9. The number of hydrogen-bond acceptors (Lipinski definition) is 6. The summed E-state index contributed by atoms with van der Waals surface area (Å²) in [7, 11) is 0. The van der Waals surface area contributed by atoms with Crippen LogP contribution < -0.4 is 5.32 Å². The van der Waals surface area contributed by atoms with Crippen LogP contribution in [0.3, 0.4) is 0 Å². The minimum Gasteiger partial charge on any atom is -0.481 e. The number of amides is 1. The maximum Gasteiger partial charge on any atom is 0.303 e. The average Bonchev–Trinajstić information content (AvgIpc) is 3.21. The van der Waals surface area contributed by atoms with E-state index >= 15 is 0 Å². The molecule has 3 aromatic carbocycles. The van der Waals surface area contributed by atoms with Crippen molar-refractivity contribution in [2.75, 3.05) is 19.6 Å². The van der Waals surface area contributed by atoms with Gasteiger partial charge in [-0.05, 0) is 66.6 Å². The number of carbonyl (C=O) groups excluding carboxylic acids is 1. The monoisotopic (exact) mass is 757 g/mol. The van der Waals surface area contributed by atoms with E-state index in [1.54, 1.807) is 0 Å². The zero-order chi connectivity index (χ0) is 39.1. The molecule has 0 aliphatic carbocycles. The highest BCUT2D eigenvalue weighted by atomic mass is 16.7. The van der Waals surface area contributed by atoms with Gasteiger partial charge in [-0.25, -0.2) is 0 Å². The molecule has 3 aromatic rings. The number of benzene rings is 3. The molecular formula is C47H68N2O6. The number of carbonyl (C=O) groups is 2. The van der Waals surface area contributed by atoms with Crippen LogP contribution in [0.15, 0.2) is 72.8 Å². The number of nitrogens with one attached hydrogen (secondary N) is 1. The highest BCUT2D eigenvalue weighted by molar-refractivity contribution is 5.76. The molecule has 1 fully saturated rings. The van der Waals surface area contributed by atoms with E-state index in [-0.39, 0.29) is 31.1 Å². The summed E-state index contributed by atoms with van der Waals surface area (Å²) in [5, 5.41) is 21.5. The van der Waals surface area contributed by atoms with Gasteiger partial charge in [0.1, 0.15) is 0 Å². The lowest BCUT2D eigenvalue weighted by Gasteiger charge is -2.38. The maximum absolute atomic E-state index is 12.5. The van der Waals surface area contributed by atoms with E-state index < -0.39 is 12.3 Å². The molecule has 0 radical (unpaired) electrons. The predicted octanol–water partition coefficient (Wildman–Crippen LogP) is 10.7. The lowest BCUT2D eigenvalue weighted by atomic mass is 9.97. The quantitative estimate of drug-likeness (QED) is 0.0665. The van der Waals surface area contributed by atoms with Crippen molar-refractivity contribution in [1.82, 2.24) is 10.2 Å². The van der Waals surface area contributed by atoms with Gasteiger partial charge < -0.3 is 29.9 Å². The standard InChI is InChI=1S/C47H68N2O6/c1-3-5-7-9-11-17-31-49(32-18-12-10-8-6-4-2)35-42-33-44(39-25-23-37(36-50)24-26-39)55-47(54-42)40-29-27-38(28-30-40)43-20-14-13-19-41(43)34-48-45(51)21-15-16-22-46(52)53/h13-14,19-20,23-30,42,44,47,50H,3-12,15-18,21-22,31-36H2,1-2H3,(H,48,51)(H,52,53)/t42-,44+,47+/m0/s1. The van der Waals surface area contributed by atoms with Crippen molar-refractivity contribution in [3.8, 4) is 11.1 Å². The third-order valence-electron chi connectivity index (χ3n) is 10.8. The van der Waals surface area contributed by atoms with Crippen LogP contribution in [0.5, 0.6) is 0 Å². The normalized spacial score (nSPS) is 17.1. The molecule has 3 N–H and O–H groups in total. The molecular weight excluding hydrogens is 689 g/mol. The second-order valence-corrected chi connectivity index (χ2v) is 15.3. The first-order valence-corrected chi connectivity index (χ1v) is 21.3. The van der Waals surface area contributed by atoms with Gasteiger partial charge in [-0.1, -0.05) is 151 Å². The summed E-state index contributed by atoms with van der Waals surface area (Å²) in [5.74, 6) is -0.908. The number of rotatable bonds is 27. The van der Waals surface area contributed by atoms with Crippen molar-refractivity contribution < 1.29 is 29.3 Å². The van der Waals surface area contributed by atoms with Crippen molar-refractivity contribution in [2.24, 2.45) is 0 Å². The molecule has 4 rings (SSSR count). The van der Waals surface area contributed by atoms with Crippen LogP contribution in [0, 0.1) is 0 Å². The summed E-state index contributed by atoms with van der Waals surface area (Å²) >= 11 is 0. The number of aliphatic carboxylic acids is 1. The van der Waals surface area contributed by atoms with E-state index in [0.717, 1.165) is 59.4 Å². The predicted molar refractivity (Wildman–Crippen MR) is 221 cm³/mol. The molecule has 0 spiro atoms. The van der Waals surface area contributed by atoms with Crippen LogP contribution in [0.2, 0.25) is 0 Å². The van der Waals surface area contributed by atoms with Crippen molar-refractivity contribution in [2.45, 2.75) is 155 Å². The first-order chi connectivity index (χ1) is 26.9. The van der Waals surface area contributed by atoms with Gasteiger partial charge in [0.25, 0.3) is 0 Å². The van der Waals surface area contributed by atoms with Gasteiger partial charge >= 0.3 is 5.97 Å².